The predicted octanol–water partition coefficient (Wildman–Crippen LogP) is 0.126. The van der Waals surface area contributed by atoms with Gasteiger partial charge in [0.2, 0.25) is 0 Å². The number of rotatable bonds is 6. The lowest BCUT2D eigenvalue weighted by molar-refractivity contribution is -0.139. The van der Waals surface area contributed by atoms with Crippen LogP contribution in [0.3, 0.4) is 0 Å². The highest BCUT2D eigenvalue weighted by atomic mass is 16.4. The van der Waals surface area contributed by atoms with Crippen LogP contribution in [0.25, 0.3) is 0 Å². The van der Waals surface area contributed by atoms with E-state index in [-0.39, 0.29) is 19.1 Å². The van der Waals surface area contributed by atoms with Gasteiger partial charge in [0.25, 0.3) is 0 Å². The Hall–Kier alpha value is -1.43. The Morgan fingerprint density at radius 1 is 1.39 bits per heavy atom. The third-order valence-corrected chi connectivity index (χ3v) is 3.28. The summed E-state index contributed by atoms with van der Waals surface area (Å²) in [6, 6.07) is 9.34. The zero-order chi connectivity index (χ0) is 13.0. The molecule has 1 atom stereocenters. The van der Waals surface area contributed by atoms with Crippen LogP contribution in [0.2, 0.25) is 0 Å². The first kappa shape index (κ1) is 13.0. The summed E-state index contributed by atoms with van der Waals surface area (Å²) >= 11 is 0. The van der Waals surface area contributed by atoms with Crippen LogP contribution in [0, 0.1) is 0 Å². The van der Waals surface area contributed by atoms with Crippen LogP contribution in [0.4, 0.5) is 0 Å². The van der Waals surface area contributed by atoms with E-state index in [2.05, 4.69) is 10.6 Å². The number of carbonyl (C=O) groups is 1. The van der Waals surface area contributed by atoms with E-state index in [4.69, 9.17) is 5.11 Å². The number of aliphatic hydroxyl groups is 1. The molecule has 0 saturated carbocycles. The topological polar surface area (TPSA) is 81.6 Å². The molecule has 0 aromatic heterocycles. The van der Waals surface area contributed by atoms with Gasteiger partial charge in [-0.1, -0.05) is 30.3 Å². The van der Waals surface area contributed by atoms with Crippen molar-refractivity contribution in [3.63, 3.8) is 0 Å². The highest BCUT2D eigenvalue weighted by molar-refractivity contribution is 5.69. The van der Waals surface area contributed by atoms with Crippen molar-refractivity contribution in [3.05, 3.63) is 35.9 Å². The molecule has 1 aromatic rings. The quantitative estimate of drug-likeness (QED) is 0.577. The van der Waals surface area contributed by atoms with Crippen molar-refractivity contribution in [2.45, 2.75) is 18.0 Å². The monoisotopic (exact) mass is 250 g/mol. The Morgan fingerprint density at radius 2 is 2.06 bits per heavy atom. The van der Waals surface area contributed by atoms with E-state index >= 15 is 0 Å². The van der Waals surface area contributed by atoms with Crippen LogP contribution < -0.4 is 10.6 Å². The zero-order valence-electron chi connectivity index (χ0n) is 10.1. The van der Waals surface area contributed by atoms with E-state index in [1.165, 1.54) is 0 Å². The van der Waals surface area contributed by atoms with E-state index in [1.807, 2.05) is 30.3 Å². The zero-order valence-corrected chi connectivity index (χ0v) is 10.1. The number of aliphatic hydroxyl groups excluding tert-OH is 1. The van der Waals surface area contributed by atoms with Gasteiger partial charge < -0.3 is 15.5 Å². The Bertz CT molecular complexity index is 404. The maximum absolute atomic E-state index is 10.9. The van der Waals surface area contributed by atoms with Gasteiger partial charge in [-0.2, -0.15) is 0 Å². The molecule has 1 aliphatic heterocycles. The van der Waals surface area contributed by atoms with E-state index < -0.39 is 11.5 Å². The number of carboxylic acid groups (broad SMARTS) is 1. The smallest absolute Gasteiger partial charge is 0.305 e. The summed E-state index contributed by atoms with van der Waals surface area (Å²) in [5.41, 5.74) is 0.520. The normalized spacial score (nSPS) is 18.9. The van der Waals surface area contributed by atoms with E-state index in [9.17, 15) is 9.90 Å². The van der Waals surface area contributed by atoms with Crippen LogP contribution in [-0.4, -0.2) is 41.4 Å². The number of hydrogen-bond donors (Lipinski definition) is 4. The number of hydrogen-bond acceptors (Lipinski definition) is 4. The van der Waals surface area contributed by atoms with Crippen molar-refractivity contribution >= 4 is 5.97 Å². The minimum absolute atomic E-state index is 0.0502. The average Bonchev–Trinajstić information content (AvgIpc) is 2.33. The summed E-state index contributed by atoms with van der Waals surface area (Å²) in [6.45, 7) is 1.18. The van der Waals surface area contributed by atoms with Crippen molar-refractivity contribution in [1.29, 1.82) is 0 Å². The van der Waals surface area contributed by atoms with Crippen molar-refractivity contribution in [3.8, 4) is 0 Å². The Labute approximate surface area is 106 Å². The highest BCUT2D eigenvalue weighted by Crippen LogP contribution is 2.22. The van der Waals surface area contributed by atoms with Crippen molar-refractivity contribution < 1.29 is 15.0 Å². The van der Waals surface area contributed by atoms with Crippen LogP contribution in [0.15, 0.2) is 30.3 Å². The predicted molar refractivity (Wildman–Crippen MR) is 67.3 cm³/mol. The van der Waals surface area contributed by atoms with E-state index in [0.717, 1.165) is 5.56 Å². The van der Waals surface area contributed by atoms with Gasteiger partial charge in [-0.15, -0.1) is 0 Å². The minimum Gasteiger partial charge on any atom is -0.481 e. The first-order valence-electron chi connectivity index (χ1n) is 6.01. The molecular formula is C13H18N2O3. The third kappa shape index (κ3) is 2.87. The summed E-state index contributed by atoms with van der Waals surface area (Å²) in [5.74, 6) is -0.825. The molecule has 5 heteroatoms. The fourth-order valence-corrected chi connectivity index (χ4v) is 2.28. The van der Waals surface area contributed by atoms with Crippen molar-refractivity contribution in [1.82, 2.24) is 10.6 Å². The van der Waals surface area contributed by atoms with Gasteiger partial charge in [-0.3, -0.25) is 10.1 Å². The number of benzene rings is 1. The lowest BCUT2D eigenvalue weighted by Crippen LogP contribution is -2.69. The Morgan fingerprint density at radius 3 is 2.50 bits per heavy atom. The van der Waals surface area contributed by atoms with Crippen LogP contribution in [-0.2, 0) is 4.79 Å². The van der Waals surface area contributed by atoms with E-state index in [0.29, 0.717) is 13.1 Å². The lowest BCUT2D eigenvalue weighted by Gasteiger charge is -2.44. The summed E-state index contributed by atoms with van der Waals surface area (Å²) in [7, 11) is 0. The summed E-state index contributed by atoms with van der Waals surface area (Å²) in [5, 5.41) is 24.8. The fraction of sp³-hybridized carbons (Fsp3) is 0.462. The van der Waals surface area contributed by atoms with Gasteiger partial charge in [-0.25, -0.2) is 0 Å². The first-order chi connectivity index (χ1) is 8.65. The molecule has 0 amide bonds. The molecule has 0 aliphatic carbocycles. The number of nitrogens with one attached hydrogen (secondary N) is 2. The standard InChI is InChI=1S/C13H18N2O3/c16-7-11(10-4-2-1-3-5-10)15-13(6-12(17)18)8-14-9-13/h1-5,11,14-16H,6-9H2,(H,17,18). The van der Waals surface area contributed by atoms with Crippen LogP contribution >= 0.6 is 0 Å². The first-order valence-corrected chi connectivity index (χ1v) is 6.01. The molecule has 18 heavy (non-hydrogen) atoms. The molecule has 0 bridgehead atoms. The SMILES string of the molecule is O=C(O)CC1(NC(CO)c2ccccc2)CNC1. The van der Waals surface area contributed by atoms with Gasteiger partial charge in [0, 0.05) is 13.1 Å². The molecule has 1 heterocycles. The van der Waals surface area contributed by atoms with Gasteiger partial charge in [0.05, 0.1) is 24.6 Å². The second-order valence-corrected chi connectivity index (χ2v) is 4.74. The maximum atomic E-state index is 10.9. The number of aliphatic carboxylic acids is 1. The maximum Gasteiger partial charge on any atom is 0.305 e. The van der Waals surface area contributed by atoms with E-state index in [1.54, 1.807) is 0 Å². The second kappa shape index (κ2) is 5.48. The molecule has 1 saturated heterocycles. The molecule has 1 unspecified atom stereocenters. The van der Waals surface area contributed by atoms with Gasteiger partial charge in [0.1, 0.15) is 0 Å². The highest BCUT2D eigenvalue weighted by Gasteiger charge is 2.40. The summed E-state index contributed by atoms with van der Waals surface area (Å²) in [6.07, 6.45) is 0.0589. The summed E-state index contributed by atoms with van der Waals surface area (Å²) in [4.78, 5) is 10.9. The molecule has 1 aromatic carbocycles. The Kier molecular flexibility index (Phi) is 3.96. The van der Waals surface area contributed by atoms with Gasteiger partial charge in [-0.05, 0) is 5.56 Å². The van der Waals surface area contributed by atoms with Gasteiger partial charge >= 0.3 is 5.97 Å². The Balaban J connectivity index is 2.07. The van der Waals surface area contributed by atoms with Gasteiger partial charge in [0.15, 0.2) is 0 Å². The number of carboxylic acids is 1. The second-order valence-electron chi connectivity index (χ2n) is 4.74. The average molecular weight is 250 g/mol. The third-order valence-electron chi connectivity index (χ3n) is 3.28. The van der Waals surface area contributed by atoms with Crippen LogP contribution in [0.1, 0.15) is 18.0 Å². The molecule has 4 N–H and O–H groups in total. The van der Waals surface area contributed by atoms with Crippen molar-refractivity contribution in [2.24, 2.45) is 0 Å². The molecule has 5 nitrogen and oxygen atoms in total. The molecule has 1 fully saturated rings. The van der Waals surface area contributed by atoms with Crippen LogP contribution in [0.5, 0.6) is 0 Å². The minimum atomic E-state index is -0.825. The molecule has 0 radical (unpaired) electrons. The molecular weight excluding hydrogens is 232 g/mol. The fourth-order valence-electron chi connectivity index (χ4n) is 2.28. The lowest BCUT2D eigenvalue weighted by atomic mass is 9.87. The molecule has 2 rings (SSSR count). The van der Waals surface area contributed by atoms with Crippen molar-refractivity contribution in [2.75, 3.05) is 19.7 Å². The summed E-state index contributed by atoms with van der Waals surface area (Å²) < 4.78 is 0. The molecule has 0 spiro atoms. The largest absolute Gasteiger partial charge is 0.481 e. The molecule has 1 aliphatic rings. The molecule has 98 valence electrons.